The number of ether oxygens (including phenoxy) is 2. The van der Waals surface area contributed by atoms with Crippen molar-refractivity contribution in [3.8, 4) is 0 Å². The second-order valence-corrected chi connectivity index (χ2v) is 15.0. The first kappa shape index (κ1) is 27.8. The van der Waals surface area contributed by atoms with Gasteiger partial charge < -0.3 is 13.9 Å². The first-order chi connectivity index (χ1) is 18.1. The van der Waals surface area contributed by atoms with Gasteiger partial charge in [0.05, 0.1) is 12.7 Å². The number of nitrogens with zero attached hydrogens (tertiary/aromatic N) is 1. The van der Waals surface area contributed by atoms with Crippen molar-refractivity contribution < 1.29 is 18.7 Å². The van der Waals surface area contributed by atoms with Gasteiger partial charge in [-0.2, -0.15) is 0 Å². The molecule has 202 valence electrons. The molecule has 1 saturated heterocycles. The molecule has 3 aromatic rings. The molecule has 1 aliphatic rings. The molecule has 1 aliphatic heterocycles. The van der Waals surface area contributed by atoms with Crippen LogP contribution in [0, 0.1) is 5.92 Å². The quantitative estimate of drug-likeness (QED) is 0.351. The van der Waals surface area contributed by atoms with Crippen LogP contribution in [0.1, 0.15) is 47.3 Å². The van der Waals surface area contributed by atoms with Crippen molar-refractivity contribution >= 4 is 24.7 Å². The van der Waals surface area contributed by atoms with E-state index >= 15 is 0 Å². The van der Waals surface area contributed by atoms with Gasteiger partial charge in [0, 0.05) is 25.1 Å². The molecule has 0 unspecified atom stereocenters. The molecule has 0 spiro atoms. The predicted molar refractivity (Wildman–Crippen MR) is 148 cm³/mol. The first-order valence-corrected chi connectivity index (χ1v) is 14.9. The van der Waals surface area contributed by atoms with Gasteiger partial charge in [-0.3, -0.25) is 19.1 Å². The Kier molecular flexibility index (Phi) is 8.20. The number of aromatic nitrogens is 2. The second-order valence-electron chi connectivity index (χ2n) is 10.7. The van der Waals surface area contributed by atoms with E-state index in [2.05, 4.69) is 50.0 Å². The number of hydrogen-bond donors (Lipinski definition) is 1. The highest BCUT2D eigenvalue weighted by atomic mass is 28.4. The number of rotatable bonds is 8. The van der Waals surface area contributed by atoms with Gasteiger partial charge in [0.25, 0.3) is 13.9 Å². The fourth-order valence-electron chi connectivity index (χ4n) is 5.60. The maximum Gasteiger partial charge on any atom is 0.330 e. The summed E-state index contributed by atoms with van der Waals surface area (Å²) in [6.07, 6.45) is -0.0356. The van der Waals surface area contributed by atoms with E-state index in [-0.39, 0.29) is 17.6 Å². The molecule has 0 aliphatic carbocycles. The summed E-state index contributed by atoms with van der Waals surface area (Å²) in [7, 11) is -2.84. The van der Waals surface area contributed by atoms with Crippen LogP contribution in [0.25, 0.3) is 0 Å². The fourth-order valence-corrected chi connectivity index (χ4v) is 10.2. The summed E-state index contributed by atoms with van der Waals surface area (Å²) < 4.78 is 20.5. The molecule has 2 heterocycles. The van der Waals surface area contributed by atoms with E-state index in [9.17, 15) is 14.4 Å². The first-order valence-electron chi connectivity index (χ1n) is 13.0. The summed E-state index contributed by atoms with van der Waals surface area (Å²) >= 11 is 0. The number of carbonyl (C=O) groups excluding carboxylic acids is 1. The van der Waals surface area contributed by atoms with Crippen molar-refractivity contribution in [3.63, 3.8) is 0 Å². The van der Waals surface area contributed by atoms with Crippen LogP contribution in [0.2, 0.25) is 5.04 Å². The van der Waals surface area contributed by atoms with Gasteiger partial charge in [-0.25, -0.2) is 4.79 Å². The van der Waals surface area contributed by atoms with Crippen LogP contribution in [0.3, 0.4) is 0 Å². The normalized spacial score (nSPS) is 21.8. The van der Waals surface area contributed by atoms with Crippen molar-refractivity contribution in [2.45, 2.75) is 64.5 Å². The Morgan fingerprint density at radius 3 is 2.05 bits per heavy atom. The lowest BCUT2D eigenvalue weighted by molar-refractivity contribution is -0.154. The number of esters is 1. The van der Waals surface area contributed by atoms with E-state index in [0.717, 1.165) is 10.4 Å². The standard InChI is InChI=1S/C29H36N2O6Si/c1-6-23-24(37-27(26(23)36-20(2)32)31-18-17-25(33)30-28(31)34)19-35-38(29(3,4)5,21-13-9-7-10-14-21)22-15-11-8-12-16-22/h7-18,23-24,26-27H,6,19H2,1-5H3,(H,30,33,34)/t23-,24-,26-,27-/m1/s1. The Hall–Kier alpha value is -3.27. The van der Waals surface area contributed by atoms with E-state index in [1.165, 1.54) is 23.8 Å². The zero-order valence-electron chi connectivity index (χ0n) is 22.5. The fraction of sp³-hybridized carbons (Fsp3) is 0.414. The zero-order chi connectivity index (χ0) is 27.5. The summed E-state index contributed by atoms with van der Waals surface area (Å²) in [6.45, 7) is 10.2. The number of benzene rings is 2. The van der Waals surface area contributed by atoms with Gasteiger partial charge in [-0.15, -0.1) is 0 Å². The number of hydrogen-bond acceptors (Lipinski definition) is 6. The lowest BCUT2D eigenvalue weighted by Gasteiger charge is -2.43. The van der Waals surface area contributed by atoms with Crippen LogP contribution in [0.15, 0.2) is 82.5 Å². The minimum absolute atomic E-state index is 0.221. The number of nitrogens with one attached hydrogen (secondary N) is 1. The summed E-state index contributed by atoms with van der Waals surface area (Å²) in [5.41, 5.74) is -1.13. The lowest BCUT2D eigenvalue weighted by atomic mass is 9.95. The van der Waals surface area contributed by atoms with Crippen molar-refractivity contribution in [1.29, 1.82) is 0 Å². The minimum Gasteiger partial charge on any atom is -0.457 e. The van der Waals surface area contributed by atoms with Crippen molar-refractivity contribution in [2.75, 3.05) is 6.61 Å². The Balaban J connectivity index is 1.75. The Morgan fingerprint density at radius 1 is 1.00 bits per heavy atom. The third kappa shape index (κ3) is 5.32. The van der Waals surface area contributed by atoms with Gasteiger partial charge in [0.2, 0.25) is 0 Å². The minimum atomic E-state index is -2.84. The maximum absolute atomic E-state index is 12.6. The van der Waals surface area contributed by atoms with Crippen molar-refractivity contribution in [3.05, 3.63) is 93.8 Å². The molecular formula is C29H36N2O6Si. The monoisotopic (exact) mass is 536 g/mol. The molecule has 1 N–H and O–H groups in total. The smallest absolute Gasteiger partial charge is 0.330 e. The Labute approximate surface area is 223 Å². The van der Waals surface area contributed by atoms with E-state index in [4.69, 9.17) is 13.9 Å². The Morgan fingerprint density at radius 2 is 1.58 bits per heavy atom. The van der Waals surface area contributed by atoms with Gasteiger partial charge >= 0.3 is 11.7 Å². The highest BCUT2D eigenvalue weighted by Gasteiger charge is 2.53. The molecule has 1 aromatic heterocycles. The highest BCUT2D eigenvalue weighted by Crippen LogP contribution is 2.41. The Bertz CT molecular complexity index is 1310. The number of carbonyl (C=O) groups is 1. The molecule has 1 fully saturated rings. The summed E-state index contributed by atoms with van der Waals surface area (Å²) in [5.74, 6) is -0.686. The van der Waals surface area contributed by atoms with Crippen LogP contribution in [-0.2, 0) is 18.7 Å². The summed E-state index contributed by atoms with van der Waals surface area (Å²) in [6, 6.07) is 21.9. The molecule has 38 heavy (non-hydrogen) atoms. The van der Waals surface area contributed by atoms with Crippen molar-refractivity contribution in [2.24, 2.45) is 5.92 Å². The topological polar surface area (TPSA) is 99.6 Å². The average molecular weight is 537 g/mol. The number of aromatic amines is 1. The summed E-state index contributed by atoms with van der Waals surface area (Å²) in [4.78, 5) is 38.6. The molecular weight excluding hydrogens is 500 g/mol. The van der Waals surface area contributed by atoms with E-state index < -0.39 is 44.0 Å². The van der Waals surface area contributed by atoms with Crippen molar-refractivity contribution in [1.82, 2.24) is 9.55 Å². The molecule has 0 radical (unpaired) electrons. The molecule has 0 amide bonds. The lowest BCUT2D eigenvalue weighted by Crippen LogP contribution is -2.67. The second kappa shape index (κ2) is 11.2. The van der Waals surface area contributed by atoms with Gasteiger partial charge in [-0.05, 0) is 21.8 Å². The van der Waals surface area contributed by atoms with Crippen LogP contribution >= 0.6 is 0 Å². The van der Waals surface area contributed by atoms with Gasteiger partial charge in [0.1, 0.15) is 0 Å². The maximum atomic E-state index is 12.6. The molecule has 4 rings (SSSR count). The average Bonchev–Trinajstić information content (AvgIpc) is 3.21. The predicted octanol–water partition coefficient (Wildman–Crippen LogP) is 2.97. The third-order valence-electron chi connectivity index (χ3n) is 7.27. The molecule has 0 saturated carbocycles. The molecule has 8 nitrogen and oxygen atoms in total. The zero-order valence-corrected chi connectivity index (χ0v) is 23.5. The highest BCUT2D eigenvalue weighted by molar-refractivity contribution is 6.99. The van der Waals surface area contributed by atoms with Crippen LogP contribution < -0.4 is 21.6 Å². The van der Waals surface area contributed by atoms with Crippen LogP contribution in [-0.4, -0.2) is 42.7 Å². The molecule has 0 bridgehead atoms. The summed E-state index contributed by atoms with van der Waals surface area (Å²) in [5, 5.41) is 2.07. The largest absolute Gasteiger partial charge is 0.457 e. The molecule has 2 aromatic carbocycles. The van der Waals surface area contributed by atoms with Crippen LogP contribution in [0.5, 0.6) is 0 Å². The van der Waals surface area contributed by atoms with Gasteiger partial charge in [0.15, 0.2) is 12.3 Å². The molecule has 4 atom stereocenters. The van der Waals surface area contributed by atoms with E-state index in [0.29, 0.717) is 6.42 Å². The van der Waals surface area contributed by atoms with Gasteiger partial charge in [-0.1, -0.05) is 88.4 Å². The SMILES string of the molecule is CC[C@H]1[C@@H](OC(C)=O)[C@H](n2ccc(=O)[nH]c2=O)O[C@@H]1CO[Si](c1ccccc1)(c1ccccc1)C(C)(C)C. The van der Waals surface area contributed by atoms with E-state index in [1.54, 1.807) is 0 Å². The third-order valence-corrected chi connectivity index (χ3v) is 12.3. The number of H-pyrrole nitrogens is 1. The molecule has 9 heteroatoms. The van der Waals surface area contributed by atoms with E-state index in [1.807, 2.05) is 43.3 Å². The van der Waals surface area contributed by atoms with Crippen LogP contribution in [0.4, 0.5) is 0 Å².